The Morgan fingerprint density at radius 2 is 1.92 bits per heavy atom. The maximum atomic E-state index is 6.87. The molecule has 198 valence electrons. The average molecular weight is 533 g/mol. The fourth-order valence-electron chi connectivity index (χ4n) is 5.22. The highest BCUT2D eigenvalue weighted by Crippen LogP contribution is 2.36. The van der Waals surface area contributed by atoms with Crippen LogP contribution >= 0.6 is 11.6 Å². The van der Waals surface area contributed by atoms with Crippen molar-refractivity contribution in [2.24, 2.45) is 5.92 Å². The Morgan fingerprint density at radius 1 is 1.08 bits per heavy atom. The van der Waals surface area contributed by atoms with Crippen molar-refractivity contribution in [3.8, 4) is 17.1 Å². The van der Waals surface area contributed by atoms with Crippen LogP contribution in [0.25, 0.3) is 22.6 Å². The van der Waals surface area contributed by atoms with E-state index in [1.165, 1.54) is 0 Å². The lowest BCUT2D eigenvalue weighted by Crippen LogP contribution is -2.45. The number of aromatic nitrogens is 5. The summed E-state index contributed by atoms with van der Waals surface area (Å²) in [4.78, 5) is 23.6. The number of ether oxygens (including phenoxy) is 1. The first-order chi connectivity index (χ1) is 18.5. The summed E-state index contributed by atoms with van der Waals surface area (Å²) in [5.41, 5.74) is 4.49. The second-order valence-corrected chi connectivity index (χ2v) is 10.7. The molecule has 0 radical (unpaired) electrons. The molecule has 6 rings (SSSR count). The fraction of sp³-hybridized carbons (Fsp3) is 0.429. The van der Waals surface area contributed by atoms with Gasteiger partial charge in [-0.05, 0) is 48.7 Å². The largest absolute Gasteiger partial charge is 0.492 e. The first-order valence-corrected chi connectivity index (χ1v) is 13.7. The summed E-state index contributed by atoms with van der Waals surface area (Å²) >= 11 is 6.87. The lowest BCUT2D eigenvalue weighted by atomic mass is 10.0. The first-order valence-electron chi connectivity index (χ1n) is 13.3. The number of hydrogen-bond donors (Lipinski definition) is 1. The Hall–Kier alpha value is -3.27. The number of halogens is 1. The van der Waals surface area contributed by atoms with E-state index in [0.717, 1.165) is 91.2 Å². The zero-order valence-electron chi connectivity index (χ0n) is 21.9. The molecule has 0 spiro atoms. The van der Waals surface area contributed by atoms with E-state index in [9.17, 15) is 0 Å². The molecule has 1 N–H and O–H groups in total. The number of rotatable bonds is 8. The first kappa shape index (κ1) is 25.0. The Kier molecular flexibility index (Phi) is 7.14. The van der Waals surface area contributed by atoms with E-state index in [1.807, 2.05) is 30.5 Å². The minimum atomic E-state index is 0.527. The van der Waals surface area contributed by atoms with Gasteiger partial charge in [0.1, 0.15) is 24.5 Å². The fourth-order valence-corrected chi connectivity index (χ4v) is 5.48. The average Bonchev–Trinajstić information content (AvgIpc) is 3.26. The van der Waals surface area contributed by atoms with Crippen LogP contribution in [0.4, 0.5) is 5.82 Å². The molecule has 2 saturated heterocycles. The van der Waals surface area contributed by atoms with Crippen LogP contribution in [0.5, 0.6) is 5.75 Å². The summed E-state index contributed by atoms with van der Waals surface area (Å²) in [7, 11) is 0. The number of fused-ring (bicyclic) bond motifs is 1. The molecule has 0 atom stereocenters. The second kappa shape index (κ2) is 10.8. The molecule has 0 amide bonds. The molecule has 0 saturated carbocycles. The minimum absolute atomic E-state index is 0.527. The summed E-state index contributed by atoms with van der Waals surface area (Å²) in [6.07, 6.45) is 3.47. The summed E-state index contributed by atoms with van der Waals surface area (Å²) in [5, 5.41) is 3.97. The zero-order chi connectivity index (χ0) is 26.1. The third-order valence-corrected chi connectivity index (χ3v) is 7.55. The van der Waals surface area contributed by atoms with Crippen molar-refractivity contribution in [2.75, 3.05) is 57.3 Å². The number of imidazole rings is 1. The molecule has 1 aromatic carbocycles. The topological polar surface area (TPSA) is 84.2 Å². The predicted molar refractivity (Wildman–Crippen MR) is 150 cm³/mol. The molecule has 0 unspecified atom stereocenters. The van der Waals surface area contributed by atoms with E-state index in [0.29, 0.717) is 24.1 Å². The van der Waals surface area contributed by atoms with E-state index in [4.69, 9.17) is 21.3 Å². The van der Waals surface area contributed by atoms with Crippen LogP contribution in [0.3, 0.4) is 0 Å². The quantitative estimate of drug-likeness (QED) is 0.368. The maximum Gasteiger partial charge on any atom is 0.166 e. The Labute approximate surface area is 227 Å². The van der Waals surface area contributed by atoms with Crippen molar-refractivity contribution in [1.29, 1.82) is 0 Å². The van der Waals surface area contributed by atoms with Crippen LogP contribution in [0.15, 0.2) is 42.9 Å². The van der Waals surface area contributed by atoms with Crippen molar-refractivity contribution < 1.29 is 4.74 Å². The third-order valence-electron chi connectivity index (χ3n) is 7.24. The maximum absolute atomic E-state index is 6.87. The SMILES string of the molecule is Cc1ccnc(Cn2c(-c3ccc(OCCN4CCNCC4)cc3Cl)nc3c(N4CC(C)C4)ncnc32)c1. The second-order valence-electron chi connectivity index (χ2n) is 10.3. The molecule has 2 aliphatic heterocycles. The summed E-state index contributed by atoms with van der Waals surface area (Å²) < 4.78 is 8.14. The smallest absolute Gasteiger partial charge is 0.166 e. The Morgan fingerprint density at radius 3 is 2.68 bits per heavy atom. The number of pyridine rings is 1. The van der Waals surface area contributed by atoms with E-state index in [2.05, 4.69) is 54.5 Å². The van der Waals surface area contributed by atoms with Gasteiger partial charge in [-0.1, -0.05) is 18.5 Å². The zero-order valence-corrected chi connectivity index (χ0v) is 22.7. The lowest BCUT2D eigenvalue weighted by molar-refractivity contribution is 0.191. The van der Waals surface area contributed by atoms with Gasteiger partial charge in [0.25, 0.3) is 0 Å². The molecule has 0 aliphatic carbocycles. The van der Waals surface area contributed by atoms with Crippen LogP contribution in [-0.2, 0) is 6.54 Å². The monoisotopic (exact) mass is 532 g/mol. The Bertz CT molecular complexity index is 1430. The number of nitrogens with one attached hydrogen (secondary N) is 1. The summed E-state index contributed by atoms with van der Waals surface area (Å²) in [6.45, 7) is 12.5. The van der Waals surface area contributed by atoms with Crippen LogP contribution in [-0.4, -0.2) is 81.8 Å². The van der Waals surface area contributed by atoms with Crippen LogP contribution in [0.2, 0.25) is 5.02 Å². The number of hydrogen-bond acceptors (Lipinski definition) is 8. The van der Waals surface area contributed by atoms with Gasteiger partial charge in [-0.2, -0.15) is 0 Å². The van der Waals surface area contributed by atoms with E-state index >= 15 is 0 Å². The van der Waals surface area contributed by atoms with Crippen LogP contribution < -0.4 is 15.0 Å². The van der Waals surface area contributed by atoms with Crippen molar-refractivity contribution in [1.82, 2.24) is 34.7 Å². The normalized spacial score (nSPS) is 16.7. The molecule has 5 heterocycles. The van der Waals surface area contributed by atoms with Crippen molar-refractivity contribution in [2.45, 2.75) is 20.4 Å². The number of piperazine rings is 1. The van der Waals surface area contributed by atoms with Gasteiger partial charge in [-0.15, -0.1) is 0 Å². The standard InChI is InChI=1S/C28H33ClN8O/c1-19-5-6-31-21(13-19)17-37-26(34-25-27(32-18-33-28(25)37)36-15-20(2)16-36)23-4-3-22(14-24(23)29)38-12-11-35-9-7-30-8-10-35/h3-6,13-14,18,20,30H,7-12,15-17H2,1-2H3. The lowest BCUT2D eigenvalue weighted by Gasteiger charge is -2.37. The highest BCUT2D eigenvalue weighted by molar-refractivity contribution is 6.33. The minimum Gasteiger partial charge on any atom is -0.492 e. The number of nitrogens with zero attached hydrogens (tertiary/aromatic N) is 7. The van der Waals surface area contributed by atoms with Gasteiger partial charge >= 0.3 is 0 Å². The van der Waals surface area contributed by atoms with Crippen molar-refractivity contribution in [3.63, 3.8) is 0 Å². The van der Waals surface area contributed by atoms with Gasteiger partial charge in [0.05, 0.1) is 17.3 Å². The Balaban J connectivity index is 1.32. The van der Waals surface area contributed by atoms with Gasteiger partial charge in [-0.3, -0.25) is 9.88 Å². The highest BCUT2D eigenvalue weighted by Gasteiger charge is 2.28. The molecule has 3 aromatic heterocycles. The van der Waals surface area contributed by atoms with Gasteiger partial charge in [-0.25, -0.2) is 15.0 Å². The molecule has 4 aromatic rings. The van der Waals surface area contributed by atoms with Crippen LogP contribution in [0, 0.1) is 12.8 Å². The molecule has 2 aliphatic rings. The van der Waals surface area contributed by atoms with E-state index in [-0.39, 0.29) is 0 Å². The molecule has 0 bridgehead atoms. The van der Waals surface area contributed by atoms with Gasteiger partial charge in [0.15, 0.2) is 17.0 Å². The number of anilines is 1. The summed E-state index contributed by atoms with van der Waals surface area (Å²) in [6, 6.07) is 9.93. The highest BCUT2D eigenvalue weighted by atomic mass is 35.5. The van der Waals surface area contributed by atoms with Gasteiger partial charge in [0.2, 0.25) is 0 Å². The van der Waals surface area contributed by atoms with E-state index < -0.39 is 0 Å². The third kappa shape index (κ3) is 5.18. The van der Waals surface area contributed by atoms with Gasteiger partial charge in [0, 0.05) is 57.6 Å². The molecular weight excluding hydrogens is 500 g/mol. The van der Waals surface area contributed by atoms with E-state index in [1.54, 1.807) is 6.33 Å². The number of aryl methyl sites for hydroxylation is 1. The molecule has 38 heavy (non-hydrogen) atoms. The van der Waals surface area contributed by atoms with Crippen molar-refractivity contribution in [3.05, 3.63) is 59.1 Å². The molecule has 10 heteroatoms. The van der Waals surface area contributed by atoms with Gasteiger partial charge < -0.3 is 19.5 Å². The molecule has 9 nitrogen and oxygen atoms in total. The molecule has 2 fully saturated rings. The summed E-state index contributed by atoms with van der Waals surface area (Å²) in [5.74, 6) is 3.02. The number of benzene rings is 1. The van der Waals surface area contributed by atoms with Crippen LogP contribution in [0.1, 0.15) is 18.2 Å². The van der Waals surface area contributed by atoms with Crippen molar-refractivity contribution >= 4 is 28.6 Å². The molecular formula is C28H33ClN8O. The predicted octanol–water partition coefficient (Wildman–Crippen LogP) is 3.64.